The van der Waals surface area contributed by atoms with Crippen LogP contribution in [0.15, 0.2) is 170 Å². The zero-order valence-corrected chi connectivity index (χ0v) is 40.5. The number of fused-ring (bicyclic) bond motifs is 1. The number of hydrogen-bond donors (Lipinski definition) is 0. The highest BCUT2D eigenvalue weighted by molar-refractivity contribution is 7.49. The highest BCUT2D eigenvalue weighted by atomic mass is 31.2. The summed E-state index contributed by atoms with van der Waals surface area (Å²) in [5, 5.41) is 0. The summed E-state index contributed by atoms with van der Waals surface area (Å²) in [7, 11) is -8.48. The van der Waals surface area contributed by atoms with Crippen molar-refractivity contribution in [2.45, 2.75) is 115 Å². The van der Waals surface area contributed by atoms with Crippen LogP contribution in [0.25, 0.3) is 0 Å². The molecule has 0 radical (unpaired) electrons. The van der Waals surface area contributed by atoms with Crippen LogP contribution in [-0.4, -0.2) is 0 Å². The smallest absolute Gasteiger partial charge is 0.395 e. The summed E-state index contributed by atoms with van der Waals surface area (Å²) in [6.07, 6.45) is 10.4. The number of benzene rings is 6. The van der Waals surface area contributed by atoms with Crippen molar-refractivity contribution in [3.05, 3.63) is 192 Å². The Hall–Kier alpha value is -5.10. The molecule has 2 aliphatic carbocycles. The third-order valence-electron chi connectivity index (χ3n) is 14.2. The largest absolute Gasteiger partial charge is 0.588 e. The van der Waals surface area contributed by atoms with Gasteiger partial charge in [-0.1, -0.05) is 175 Å². The first-order valence-electron chi connectivity index (χ1n) is 23.9. The van der Waals surface area contributed by atoms with E-state index in [-0.39, 0.29) is 5.41 Å². The van der Waals surface area contributed by atoms with Crippen LogP contribution in [0.1, 0.15) is 121 Å². The molecule has 0 bridgehead atoms. The summed E-state index contributed by atoms with van der Waals surface area (Å²) < 4.78 is 68.0. The van der Waals surface area contributed by atoms with Gasteiger partial charge in [-0.2, -0.15) is 0 Å². The molecule has 66 heavy (non-hydrogen) atoms. The van der Waals surface area contributed by atoms with Crippen LogP contribution in [0.4, 0.5) is 0 Å². The van der Waals surface area contributed by atoms with Crippen LogP contribution in [0.3, 0.4) is 0 Å². The minimum Gasteiger partial charge on any atom is -0.395 e. The zero-order valence-electron chi connectivity index (χ0n) is 38.8. The van der Waals surface area contributed by atoms with Gasteiger partial charge in [0.2, 0.25) is 0 Å². The summed E-state index contributed by atoms with van der Waals surface area (Å²) in [4.78, 5) is 0. The van der Waals surface area contributed by atoms with Gasteiger partial charge < -0.3 is 18.1 Å². The van der Waals surface area contributed by atoms with Crippen molar-refractivity contribution < 1.29 is 36.3 Å². The van der Waals surface area contributed by atoms with Crippen molar-refractivity contribution in [1.29, 1.82) is 0 Å². The summed E-state index contributed by atoms with van der Waals surface area (Å²) in [5.41, 5.74) is 2.04. The van der Waals surface area contributed by atoms with E-state index in [0.29, 0.717) is 54.6 Å². The average molecular weight is 927 g/mol. The molecular weight excluding hydrogens is 863 g/mol. The quantitative estimate of drug-likeness (QED) is 0.0700. The lowest BCUT2D eigenvalue weighted by Crippen LogP contribution is -2.39. The molecule has 0 N–H and O–H groups in total. The molecule has 0 aliphatic heterocycles. The van der Waals surface area contributed by atoms with Crippen molar-refractivity contribution >= 4 is 15.6 Å². The van der Waals surface area contributed by atoms with Crippen LogP contribution in [-0.2, 0) is 34.8 Å². The molecule has 346 valence electrons. The second kappa shape index (κ2) is 20.8. The molecule has 8 rings (SSSR count). The van der Waals surface area contributed by atoms with Crippen LogP contribution in [0.2, 0.25) is 0 Å². The lowest BCUT2D eigenvalue weighted by atomic mass is 9.57. The molecule has 10 heteroatoms. The molecule has 6 aromatic rings. The van der Waals surface area contributed by atoms with Gasteiger partial charge in [-0.05, 0) is 128 Å². The Bertz CT molecular complexity index is 2490. The molecule has 2 aliphatic rings. The number of phosphoric ester groups is 2. The van der Waals surface area contributed by atoms with Crippen molar-refractivity contribution in [2.24, 2.45) is 11.8 Å². The number of hydrogen-bond acceptors (Lipinski definition) is 8. The van der Waals surface area contributed by atoms with Gasteiger partial charge >= 0.3 is 15.6 Å². The third kappa shape index (κ3) is 10.5. The molecule has 0 amide bonds. The normalized spacial score (nSPS) is 19.8. The first-order chi connectivity index (χ1) is 32.1. The average Bonchev–Trinajstić information content (AvgIpc) is 3.36. The van der Waals surface area contributed by atoms with E-state index in [0.717, 1.165) is 36.3 Å². The van der Waals surface area contributed by atoms with Crippen LogP contribution in [0.5, 0.6) is 23.0 Å². The van der Waals surface area contributed by atoms with Gasteiger partial charge in [0.05, 0.1) is 0 Å². The van der Waals surface area contributed by atoms with Crippen LogP contribution >= 0.6 is 15.6 Å². The molecule has 8 nitrogen and oxygen atoms in total. The van der Waals surface area contributed by atoms with E-state index in [9.17, 15) is 4.57 Å². The zero-order chi connectivity index (χ0) is 46.1. The van der Waals surface area contributed by atoms with Gasteiger partial charge in [-0.15, -0.1) is 0 Å². The van der Waals surface area contributed by atoms with Gasteiger partial charge in [0.1, 0.15) is 34.2 Å². The molecule has 4 unspecified atom stereocenters. The minimum absolute atomic E-state index is 0.284. The van der Waals surface area contributed by atoms with E-state index in [4.69, 9.17) is 27.1 Å². The summed E-state index contributed by atoms with van der Waals surface area (Å²) in [6, 6.07) is 53.9. The summed E-state index contributed by atoms with van der Waals surface area (Å²) in [5.74, 6) is 2.91. The predicted molar refractivity (Wildman–Crippen MR) is 263 cm³/mol. The molecule has 0 spiro atoms. The number of phosphoric acid groups is 2. The third-order valence-corrected chi connectivity index (χ3v) is 17.1. The first-order valence-corrected chi connectivity index (χ1v) is 26.8. The van der Waals surface area contributed by atoms with Crippen LogP contribution in [0, 0.1) is 11.8 Å². The highest BCUT2D eigenvalue weighted by Crippen LogP contribution is 2.59. The predicted octanol–water partition coefficient (Wildman–Crippen LogP) is 16.6. The monoisotopic (exact) mass is 926 g/mol. The summed E-state index contributed by atoms with van der Waals surface area (Å²) >= 11 is 0. The Balaban J connectivity index is 1.12. The molecular formula is C56H64O8P2. The Morgan fingerprint density at radius 2 is 0.788 bits per heavy atom. The lowest BCUT2D eigenvalue weighted by molar-refractivity contribution is 0.0277. The first kappa shape index (κ1) is 47.4. The SMILES string of the molecule is CCC(CC)(OP(=O)(Oc1ccccc1)Oc1ccc(C2(c3ccc(C(CC)(CC)OP(=O)(Oc4ccccc4)Oc4ccccc4)cc3)CCC3CCCCC3C2)cc1)c1ccccc1. The molecule has 0 aromatic heterocycles. The lowest BCUT2D eigenvalue weighted by Gasteiger charge is -2.48. The minimum atomic E-state index is -4.26. The van der Waals surface area contributed by atoms with Gasteiger partial charge in [0.15, 0.2) is 0 Å². The Labute approximate surface area is 392 Å². The van der Waals surface area contributed by atoms with Gasteiger partial charge in [0, 0.05) is 5.41 Å². The van der Waals surface area contributed by atoms with Gasteiger partial charge in [-0.3, -0.25) is 9.05 Å². The van der Waals surface area contributed by atoms with Crippen molar-refractivity contribution in [1.82, 2.24) is 0 Å². The topological polar surface area (TPSA) is 89.5 Å². The summed E-state index contributed by atoms with van der Waals surface area (Å²) in [6.45, 7) is 8.15. The van der Waals surface area contributed by atoms with E-state index in [2.05, 4.69) is 36.4 Å². The van der Waals surface area contributed by atoms with Crippen molar-refractivity contribution in [2.75, 3.05) is 0 Å². The molecule has 6 aromatic carbocycles. The van der Waals surface area contributed by atoms with E-state index >= 15 is 4.57 Å². The van der Waals surface area contributed by atoms with Crippen LogP contribution < -0.4 is 18.1 Å². The van der Waals surface area contributed by atoms with E-state index in [1.54, 1.807) is 36.4 Å². The maximum absolute atomic E-state index is 15.0. The van der Waals surface area contributed by atoms with E-state index in [1.807, 2.05) is 125 Å². The van der Waals surface area contributed by atoms with Gasteiger partial charge in [0.25, 0.3) is 0 Å². The maximum atomic E-state index is 15.0. The number of rotatable bonds is 20. The Morgan fingerprint density at radius 3 is 1.20 bits per heavy atom. The van der Waals surface area contributed by atoms with Crippen molar-refractivity contribution in [3.8, 4) is 23.0 Å². The maximum Gasteiger partial charge on any atom is 0.588 e. The second-order valence-corrected chi connectivity index (χ2v) is 20.8. The number of para-hydroxylation sites is 3. The Kier molecular flexibility index (Phi) is 15.0. The Morgan fingerprint density at radius 1 is 0.439 bits per heavy atom. The van der Waals surface area contributed by atoms with Crippen molar-refractivity contribution in [3.63, 3.8) is 0 Å². The molecule has 2 fully saturated rings. The molecule has 0 saturated heterocycles. The molecule has 2 saturated carbocycles. The fourth-order valence-corrected chi connectivity index (χ4v) is 13.8. The fraction of sp³-hybridized carbons (Fsp3) is 0.357. The highest BCUT2D eigenvalue weighted by Gasteiger charge is 2.47. The van der Waals surface area contributed by atoms with E-state index in [1.165, 1.54) is 36.8 Å². The van der Waals surface area contributed by atoms with E-state index < -0.39 is 26.8 Å². The fourth-order valence-electron chi connectivity index (χ4n) is 10.5. The standard InChI is InChI=1S/C56H64O8P2/c1-5-55(6-2,48-25-13-9-14-26-48)63-66(58,61-52-31-19-12-20-32-52)62-53-39-37-47(38-40-53)54(42-41-44-23-21-22-24-45(44)43-54)46-33-35-49(36-34-46)56(7-3,8-4)64-65(57,59-50-27-15-10-16-28-50)60-51-29-17-11-18-30-51/h9-20,25-40,44-45H,5-8,21-24,41-43H2,1-4H3. The second-order valence-electron chi connectivity index (χ2n) is 17.9. The van der Waals surface area contributed by atoms with Gasteiger partial charge in [-0.25, -0.2) is 9.13 Å². The molecule has 0 heterocycles. The molecule has 4 atom stereocenters.